The normalized spacial score (nSPS) is 23.6. The van der Waals surface area contributed by atoms with E-state index < -0.39 is 5.60 Å². The fourth-order valence-corrected chi connectivity index (χ4v) is 4.46. The van der Waals surface area contributed by atoms with Crippen LogP contribution in [0.2, 0.25) is 0 Å². The first kappa shape index (κ1) is 23.0. The summed E-state index contributed by atoms with van der Waals surface area (Å²) in [6.45, 7) is 10.4. The van der Waals surface area contributed by atoms with E-state index in [0.29, 0.717) is 32.9 Å². The predicted molar refractivity (Wildman–Crippen MR) is 117 cm³/mol. The Hall–Kier alpha value is -1.67. The molecule has 1 aromatic carbocycles. The summed E-state index contributed by atoms with van der Waals surface area (Å²) in [5, 5.41) is 14.1. The van der Waals surface area contributed by atoms with Crippen LogP contribution in [0.4, 0.5) is 0 Å². The number of rotatable bonds is 10. The van der Waals surface area contributed by atoms with Crippen LogP contribution in [0.25, 0.3) is 0 Å². The van der Waals surface area contributed by atoms with Crippen molar-refractivity contribution >= 4 is 5.91 Å². The van der Waals surface area contributed by atoms with Crippen molar-refractivity contribution in [2.45, 2.75) is 51.3 Å². The number of likely N-dealkylation sites (tertiary alicyclic amines) is 2. The second-order valence-corrected chi connectivity index (χ2v) is 8.63. The number of β-amino-alcohol motifs (C(OH)–C–C–N with tert-alkyl or cyclic N) is 1. The van der Waals surface area contributed by atoms with Crippen LogP contribution in [0.5, 0.6) is 5.75 Å². The highest BCUT2D eigenvalue weighted by Gasteiger charge is 2.38. The Morgan fingerprint density at radius 2 is 1.90 bits per heavy atom. The molecule has 0 saturated carbocycles. The Bertz CT molecular complexity index is 661. The first-order chi connectivity index (χ1) is 14.5. The van der Waals surface area contributed by atoms with Gasteiger partial charge in [-0.25, -0.2) is 0 Å². The molecule has 2 N–H and O–H groups in total. The van der Waals surface area contributed by atoms with Crippen molar-refractivity contribution in [3.05, 3.63) is 29.8 Å². The lowest BCUT2D eigenvalue weighted by Crippen LogP contribution is -2.50. The maximum Gasteiger partial charge on any atom is 0.217 e. The molecule has 7 nitrogen and oxygen atoms in total. The molecule has 3 rings (SSSR count). The third-order valence-electron chi connectivity index (χ3n) is 5.95. The number of amides is 1. The molecule has 0 aromatic heterocycles. The van der Waals surface area contributed by atoms with Gasteiger partial charge in [-0.2, -0.15) is 0 Å². The van der Waals surface area contributed by atoms with Crippen LogP contribution in [0.15, 0.2) is 24.3 Å². The minimum absolute atomic E-state index is 0.0450. The molecule has 7 heteroatoms. The van der Waals surface area contributed by atoms with Crippen molar-refractivity contribution in [1.82, 2.24) is 15.1 Å². The highest BCUT2D eigenvalue weighted by Crippen LogP contribution is 2.26. The predicted octanol–water partition coefficient (Wildman–Crippen LogP) is 1.64. The number of hydrogen-bond donors (Lipinski definition) is 2. The van der Waals surface area contributed by atoms with Crippen molar-refractivity contribution in [2.24, 2.45) is 0 Å². The van der Waals surface area contributed by atoms with Crippen LogP contribution in [0.1, 0.15) is 38.7 Å². The first-order valence-electron chi connectivity index (χ1n) is 11.2. The van der Waals surface area contributed by atoms with E-state index in [1.54, 1.807) is 6.92 Å². The van der Waals surface area contributed by atoms with Crippen LogP contribution in [-0.4, -0.2) is 85.0 Å². The maximum absolute atomic E-state index is 11.2. The number of hydrogen-bond acceptors (Lipinski definition) is 6. The highest BCUT2D eigenvalue weighted by molar-refractivity contribution is 5.73. The van der Waals surface area contributed by atoms with Crippen LogP contribution in [0, 0.1) is 0 Å². The van der Waals surface area contributed by atoms with Gasteiger partial charge in [-0.1, -0.05) is 12.1 Å². The zero-order chi connectivity index (χ0) is 21.4. The van der Waals surface area contributed by atoms with Gasteiger partial charge in [-0.3, -0.25) is 9.69 Å². The van der Waals surface area contributed by atoms with Crippen LogP contribution < -0.4 is 10.1 Å². The summed E-state index contributed by atoms with van der Waals surface area (Å²) in [6, 6.07) is 8.48. The molecular weight excluding hydrogens is 382 g/mol. The largest absolute Gasteiger partial charge is 0.491 e. The molecule has 0 radical (unpaired) electrons. The van der Waals surface area contributed by atoms with Crippen molar-refractivity contribution in [2.75, 3.05) is 52.5 Å². The fourth-order valence-electron chi connectivity index (χ4n) is 4.46. The zero-order valence-electron chi connectivity index (χ0n) is 18.4. The lowest BCUT2D eigenvalue weighted by Gasteiger charge is -2.36. The van der Waals surface area contributed by atoms with Crippen LogP contribution >= 0.6 is 0 Å². The van der Waals surface area contributed by atoms with Gasteiger partial charge >= 0.3 is 0 Å². The Kier molecular flexibility index (Phi) is 8.50. The average molecular weight is 420 g/mol. The van der Waals surface area contributed by atoms with Gasteiger partial charge in [-0.05, 0) is 43.9 Å². The number of piperidine rings is 1. The quantitative estimate of drug-likeness (QED) is 0.562. The van der Waals surface area contributed by atoms with E-state index >= 15 is 0 Å². The highest BCUT2D eigenvalue weighted by atomic mass is 16.5. The summed E-state index contributed by atoms with van der Waals surface area (Å²) >= 11 is 0. The molecule has 30 heavy (non-hydrogen) atoms. The second kappa shape index (κ2) is 11.1. The number of aliphatic hydroxyl groups is 1. The summed E-state index contributed by atoms with van der Waals surface area (Å²) in [6.07, 6.45) is 2.72. The Morgan fingerprint density at radius 3 is 2.57 bits per heavy atom. The Balaban J connectivity index is 1.40. The third kappa shape index (κ3) is 7.23. The van der Waals surface area contributed by atoms with E-state index in [0.717, 1.165) is 51.2 Å². The lowest BCUT2D eigenvalue weighted by atomic mass is 9.99. The smallest absolute Gasteiger partial charge is 0.217 e. The summed E-state index contributed by atoms with van der Waals surface area (Å²) in [5.41, 5.74) is 0.580. The minimum atomic E-state index is -0.650. The van der Waals surface area contributed by atoms with E-state index in [1.807, 2.05) is 19.1 Å². The van der Waals surface area contributed by atoms with Crippen LogP contribution in [-0.2, 0) is 16.1 Å². The summed E-state index contributed by atoms with van der Waals surface area (Å²) in [4.78, 5) is 15.9. The van der Waals surface area contributed by atoms with Gasteiger partial charge in [0.25, 0.3) is 0 Å². The fraction of sp³-hybridized carbons (Fsp3) is 0.696. The molecule has 2 saturated heterocycles. The molecule has 1 aromatic rings. The molecule has 2 aliphatic heterocycles. The molecule has 1 unspecified atom stereocenters. The monoisotopic (exact) mass is 419 g/mol. The lowest BCUT2D eigenvalue weighted by molar-refractivity contribution is -0.120. The number of carbonyl (C=O) groups excluding carboxylic acids is 1. The standard InChI is InChI=1S/C23H37N3O4/c1-3-29-14-15-30-22-6-4-20(5-7-22)16-26-13-10-23(28,18-26)17-25-11-8-21(9-12-25)24-19(2)27/h4-7,21,28H,3,8-18H2,1-2H3,(H,24,27). The Labute approximate surface area is 180 Å². The zero-order valence-corrected chi connectivity index (χ0v) is 18.4. The molecule has 2 heterocycles. The third-order valence-corrected chi connectivity index (χ3v) is 5.95. The average Bonchev–Trinajstić information content (AvgIpc) is 3.08. The van der Waals surface area contributed by atoms with Gasteiger partial charge in [0.1, 0.15) is 12.4 Å². The van der Waals surface area contributed by atoms with Crippen molar-refractivity contribution < 1.29 is 19.4 Å². The van der Waals surface area contributed by atoms with Gasteiger partial charge < -0.3 is 24.8 Å². The van der Waals surface area contributed by atoms with E-state index in [4.69, 9.17) is 9.47 Å². The second-order valence-electron chi connectivity index (χ2n) is 8.63. The van der Waals surface area contributed by atoms with E-state index in [2.05, 4.69) is 27.2 Å². The van der Waals surface area contributed by atoms with E-state index in [1.165, 1.54) is 5.56 Å². The SMILES string of the molecule is CCOCCOc1ccc(CN2CCC(O)(CN3CCC(NC(C)=O)CC3)C2)cc1. The van der Waals surface area contributed by atoms with E-state index in [-0.39, 0.29) is 11.9 Å². The topological polar surface area (TPSA) is 74.3 Å². The molecular formula is C23H37N3O4. The summed E-state index contributed by atoms with van der Waals surface area (Å²) in [5.74, 6) is 0.905. The molecule has 2 aliphatic rings. The molecule has 168 valence electrons. The molecule has 1 atom stereocenters. The maximum atomic E-state index is 11.2. The molecule has 2 fully saturated rings. The minimum Gasteiger partial charge on any atom is -0.491 e. The van der Waals surface area contributed by atoms with Crippen LogP contribution in [0.3, 0.4) is 0 Å². The van der Waals surface area contributed by atoms with Gasteiger partial charge in [-0.15, -0.1) is 0 Å². The summed E-state index contributed by atoms with van der Waals surface area (Å²) in [7, 11) is 0. The first-order valence-corrected chi connectivity index (χ1v) is 11.2. The molecule has 0 bridgehead atoms. The van der Waals surface area contributed by atoms with E-state index in [9.17, 15) is 9.90 Å². The van der Waals surface area contributed by atoms with Gasteiger partial charge in [0.05, 0.1) is 12.2 Å². The van der Waals surface area contributed by atoms with Crippen molar-refractivity contribution in [1.29, 1.82) is 0 Å². The summed E-state index contributed by atoms with van der Waals surface area (Å²) < 4.78 is 11.0. The number of benzene rings is 1. The number of nitrogens with one attached hydrogen (secondary N) is 1. The van der Waals surface area contributed by atoms with Gasteiger partial charge in [0.2, 0.25) is 5.91 Å². The van der Waals surface area contributed by atoms with Crippen molar-refractivity contribution in [3.63, 3.8) is 0 Å². The molecule has 0 spiro atoms. The number of nitrogens with zero attached hydrogens (tertiary/aromatic N) is 2. The van der Waals surface area contributed by atoms with Gasteiger partial charge in [0, 0.05) is 58.8 Å². The molecule has 1 amide bonds. The number of ether oxygens (including phenoxy) is 2. The number of carbonyl (C=O) groups is 1. The van der Waals surface area contributed by atoms with Gasteiger partial charge in [0.15, 0.2) is 0 Å². The Morgan fingerprint density at radius 1 is 1.17 bits per heavy atom. The van der Waals surface area contributed by atoms with Crippen molar-refractivity contribution in [3.8, 4) is 5.75 Å². The molecule has 0 aliphatic carbocycles.